The van der Waals surface area contributed by atoms with Crippen molar-refractivity contribution < 1.29 is 13.6 Å². The van der Waals surface area contributed by atoms with Gasteiger partial charge < -0.3 is 13.7 Å². The van der Waals surface area contributed by atoms with E-state index in [9.17, 15) is 9.59 Å². The Kier molecular flexibility index (Phi) is 4.45. The molecule has 132 valence electrons. The van der Waals surface area contributed by atoms with Gasteiger partial charge in [-0.1, -0.05) is 12.1 Å². The van der Waals surface area contributed by atoms with Crippen molar-refractivity contribution in [2.24, 2.45) is 0 Å². The highest BCUT2D eigenvalue weighted by Gasteiger charge is 2.19. The summed E-state index contributed by atoms with van der Waals surface area (Å²) in [6, 6.07) is 12.7. The average molecular weight is 368 g/mol. The fourth-order valence-corrected chi connectivity index (χ4v) is 3.48. The molecule has 26 heavy (non-hydrogen) atoms. The summed E-state index contributed by atoms with van der Waals surface area (Å²) in [7, 11) is 0. The van der Waals surface area contributed by atoms with Crippen LogP contribution in [0.2, 0.25) is 0 Å². The molecule has 0 atom stereocenters. The first kappa shape index (κ1) is 16.4. The van der Waals surface area contributed by atoms with E-state index in [-0.39, 0.29) is 12.5 Å². The van der Waals surface area contributed by atoms with Gasteiger partial charge >= 0.3 is 5.76 Å². The topological polar surface area (TPSA) is 68.6 Å². The lowest BCUT2D eigenvalue weighted by molar-refractivity contribution is -0.133. The second-order valence-corrected chi connectivity index (χ2v) is 6.66. The molecule has 0 saturated heterocycles. The second kappa shape index (κ2) is 7.05. The lowest BCUT2D eigenvalue weighted by Gasteiger charge is -2.21. The SMILES string of the molecule is O=C(Cn1c(=O)oc2ccccc21)N(Cc1ccsc1)Cc1ccco1. The van der Waals surface area contributed by atoms with Gasteiger partial charge in [0.15, 0.2) is 5.58 Å². The Morgan fingerprint density at radius 3 is 2.77 bits per heavy atom. The molecule has 0 spiro atoms. The number of rotatable bonds is 6. The van der Waals surface area contributed by atoms with Crippen LogP contribution in [0.25, 0.3) is 11.1 Å². The number of fused-ring (bicyclic) bond motifs is 1. The number of nitrogens with zero attached hydrogens (tertiary/aromatic N) is 2. The number of para-hydroxylation sites is 2. The maximum atomic E-state index is 12.9. The first-order valence-electron chi connectivity index (χ1n) is 8.10. The zero-order chi connectivity index (χ0) is 17.9. The Morgan fingerprint density at radius 2 is 2.00 bits per heavy atom. The van der Waals surface area contributed by atoms with Crippen LogP contribution in [0.4, 0.5) is 0 Å². The van der Waals surface area contributed by atoms with Gasteiger partial charge in [0.05, 0.1) is 18.3 Å². The predicted octanol–water partition coefficient (Wildman–Crippen LogP) is 3.48. The molecule has 0 radical (unpaired) electrons. The van der Waals surface area contributed by atoms with Crippen LogP contribution in [-0.2, 0) is 24.4 Å². The maximum Gasteiger partial charge on any atom is 0.420 e. The van der Waals surface area contributed by atoms with E-state index in [1.807, 2.05) is 29.0 Å². The molecule has 1 aromatic carbocycles. The van der Waals surface area contributed by atoms with Crippen molar-refractivity contribution in [1.82, 2.24) is 9.47 Å². The molecule has 0 bridgehead atoms. The number of oxazole rings is 1. The van der Waals surface area contributed by atoms with Gasteiger partial charge in [-0.05, 0) is 46.7 Å². The van der Waals surface area contributed by atoms with Crippen LogP contribution in [0.1, 0.15) is 11.3 Å². The fourth-order valence-electron chi connectivity index (χ4n) is 2.82. The minimum atomic E-state index is -0.534. The van der Waals surface area contributed by atoms with Crippen LogP contribution < -0.4 is 5.76 Å². The summed E-state index contributed by atoms with van der Waals surface area (Å²) >= 11 is 1.58. The Balaban J connectivity index is 1.60. The van der Waals surface area contributed by atoms with Crippen LogP contribution in [-0.4, -0.2) is 15.4 Å². The van der Waals surface area contributed by atoms with E-state index >= 15 is 0 Å². The molecular formula is C19H16N2O4S. The lowest BCUT2D eigenvalue weighted by atomic mass is 10.2. The van der Waals surface area contributed by atoms with E-state index < -0.39 is 5.76 Å². The minimum Gasteiger partial charge on any atom is -0.467 e. The van der Waals surface area contributed by atoms with E-state index in [4.69, 9.17) is 8.83 Å². The molecule has 4 rings (SSSR count). The van der Waals surface area contributed by atoms with Crippen molar-refractivity contribution in [3.63, 3.8) is 0 Å². The molecular weight excluding hydrogens is 352 g/mol. The molecule has 0 saturated carbocycles. The first-order chi connectivity index (χ1) is 12.7. The van der Waals surface area contributed by atoms with E-state index in [1.165, 1.54) is 4.57 Å². The van der Waals surface area contributed by atoms with Crippen molar-refractivity contribution in [3.8, 4) is 0 Å². The molecule has 0 fully saturated rings. The van der Waals surface area contributed by atoms with Gasteiger partial charge in [-0.25, -0.2) is 4.79 Å². The van der Waals surface area contributed by atoms with Crippen LogP contribution in [0.5, 0.6) is 0 Å². The minimum absolute atomic E-state index is 0.0826. The highest BCUT2D eigenvalue weighted by atomic mass is 32.1. The van der Waals surface area contributed by atoms with E-state index in [2.05, 4.69) is 0 Å². The first-order valence-corrected chi connectivity index (χ1v) is 9.04. The molecule has 0 N–H and O–H groups in total. The van der Waals surface area contributed by atoms with Gasteiger partial charge in [-0.15, -0.1) is 0 Å². The largest absolute Gasteiger partial charge is 0.467 e. The number of hydrogen-bond donors (Lipinski definition) is 0. The summed E-state index contributed by atoms with van der Waals surface area (Å²) in [6.45, 7) is 0.709. The van der Waals surface area contributed by atoms with Crippen molar-refractivity contribution >= 4 is 28.3 Å². The molecule has 4 aromatic rings. The second-order valence-electron chi connectivity index (χ2n) is 5.88. The molecule has 0 aliphatic heterocycles. The molecule has 6 nitrogen and oxygen atoms in total. The van der Waals surface area contributed by atoms with Crippen LogP contribution in [0.3, 0.4) is 0 Å². The normalized spacial score (nSPS) is 11.1. The number of carbonyl (C=O) groups excluding carboxylic acids is 1. The van der Waals surface area contributed by atoms with E-state index in [0.717, 1.165) is 5.56 Å². The fraction of sp³-hybridized carbons (Fsp3) is 0.158. The monoisotopic (exact) mass is 368 g/mol. The summed E-state index contributed by atoms with van der Waals surface area (Å²) in [5, 5.41) is 3.97. The number of thiophene rings is 1. The smallest absolute Gasteiger partial charge is 0.420 e. The maximum absolute atomic E-state index is 12.9. The highest BCUT2D eigenvalue weighted by molar-refractivity contribution is 7.07. The van der Waals surface area contributed by atoms with Crippen molar-refractivity contribution in [2.45, 2.75) is 19.6 Å². The standard InChI is InChI=1S/C19H16N2O4S/c22-18(12-21-16-5-1-2-6-17(16)25-19(21)23)20(10-14-7-9-26-13-14)11-15-4-3-8-24-15/h1-9,13H,10-12H2. The molecule has 0 unspecified atom stereocenters. The van der Waals surface area contributed by atoms with Gasteiger partial charge in [0.1, 0.15) is 12.3 Å². The van der Waals surface area contributed by atoms with Crippen molar-refractivity contribution in [3.05, 3.63) is 81.4 Å². The van der Waals surface area contributed by atoms with Crippen molar-refractivity contribution in [2.75, 3.05) is 0 Å². The highest BCUT2D eigenvalue weighted by Crippen LogP contribution is 2.16. The van der Waals surface area contributed by atoms with Crippen LogP contribution in [0.15, 0.2) is 73.1 Å². The molecule has 3 heterocycles. The van der Waals surface area contributed by atoms with Gasteiger partial charge in [0.2, 0.25) is 5.91 Å². The summed E-state index contributed by atoms with van der Waals surface area (Å²) in [4.78, 5) is 26.8. The molecule has 0 aliphatic rings. The van der Waals surface area contributed by atoms with Gasteiger partial charge in [-0.3, -0.25) is 9.36 Å². The quantitative estimate of drug-likeness (QED) is 0.522. The summed E-state index contributed by atoms with van der Waals surface area (Å²) in [5.41, 5.74) is 2.12. The number of furan rings is 1. The van der Waals surface area contributed by atoms with Crippen LogP contribution in [0, 0.1) is 0 Å². The molecule has 3 aromatic heterocycles. The average Bonchev–Trinajstić information content (AvgIpc) is 3.37. The Hall–Kier alpha value is -3.06. The van der Waals surface area contributed by atoms with Gasteiger partial charge in [0.25, 0.3) is 0 Å². The molecule has 0 aliphatic carbocycles. The Labute approximate surface area is 152 Å². The molecule has 7 heteroatoms. The van der Waals surface area contributed by atoms with Gasteiger partial charge in [0, 0.05) is 6.54 Å². The Bertz CT molecular complexity index is 1020. The third-order valence-corrected chi connectivity index (χ3v) is 4.83. The lowest BCUT2D eigenvalue weighted by Crippen LogP contribution is -2.34. The molecule has 1 amide bonds. The van der Waals surface area contributed by atoms with E-state index in [0.29, 0.717) is 29.9 Å². The number of benzene rings is 1. The predicted molar refractivity (Wildman–Crippen MR) is 97.8 cm³/mol. The number of aromatic nitrogens is 1. The third kappa shape index (κ3) is 3.34. The Morgan fingerprint density at radius 1 is 1.12 bits per heavy atom. The zero-order valence-corrected chi connectivity index (χ0v) is 14.6. The zero-order valence-electron chi connectivity index (χ0n) is 13.8. The number of carbonyl (C=O) groups is 1. The summed E-state index contributed by atoms with van der Waals surface area (Å²) in [5.74, 6) is -0.0211. The summed E-state index contributed by atoms with van der Waals surface area (Å²) in [6.07, 6.45) is 1.58. The van der Waals surface area contributed by atoms with E-state index in [1.54, 1.807) is 46.8 Å². The van der Waals surface area contributed by atoms with Crippen molar-refractivity contribution in [1.29, 1.82) is 0 Å². The van der Waals surface area contributed by atoms with Crippen LogP contribution >= 0.6 is 11.3 Å². The third-order valence-electron chi connectivity index (χ3n) is 4.10. The number of amides is 1. The summed E-state index contributed by atoms with van der Waals surface area (Å²) < 4.78 is 12.0. The number of hydrogen-bond acceptors (Lipinski definition) is 5. The van der Waals surface area contributed by atoms with Gasteiger partial charge in [-0.2, -0.15) is 11.3 Å².